The Hall–Kier alpha value is -0.890. The average molecular weight is 263 g/mol. The molecule has 2 fully saturated rings. The van der Waals surface area contributed by atoms with Crippen LogP contribution in [0.25, 0.3) is 0 Å². The summed E-state index contributed by atoms with van der Waals surface area (Å²) in [6.45, 7) is 3.78. The second kappa shape index (κ2) is 3.80. The van der Waals surface area contributed by atoms with Crippen molar-refractivity contribution in [2.45, 2.75) is 50.9 Å². The number of aryl methyl sites for hydroxylation is 1. The minimum Gasteiger partial charge on any atom is -0.383 e. The molecule has 18 heavy (non-hydrogen) atoms. The Morgan fingerprint density at radius 3 is 2.78 bits per heavy atom. The fourth-order valence-corrected chi connectivity index (χ4v) is 4.36. The zero-order chi connectivity index (χ0) is 13.0. The van der Waals surface area contributed by atoms with Crippen molar-refractivity contribution in [3.05, 3.63) is 21.9 Å². The third-order valence-corrected chi connectivity index (χ3v) is 5.71. The standard InChI is InChI=1S/C14H17NO2S/c1-9-3-6-12(18-9)13(2,16)14(8-15)7-10-4-5-11(14)17-10/h3,6,10-11,16H,4-5,7H2,1-2H3. The van der Waals surface area contributed by atoms with E-state index in [1.54, 1.807) is 18.3 Å². The predicted molar refractivity (Wildman–Crippen MR) is 69.2 cm³/mol. The molecular weight excluding hydrogens is 246 g/mol. The largest absolute Gasteiger partial charge is 0.383 e. The van der Waals surface area contributed by atoms with Crippen LogP contribution in [0.3, 0.4) is 0 Å². The van der Waals surface area contributed by atoms with Gasteiger partial charge in [0.2, 0.25) is 0 Å². The van der Waals surface area contributed by atoms with Crippen LogP contribution in [0.4, 0.5) is 0 Å². The highest BCUT2D eigenvalue weighted by atomic mass is 32.1. The SMILES string of the molecule is Cc1ccc(C(C)(O)C2(C#N)CC3CCC2O3)s1. The summed E-state index contributed by atoms with van der Waals surface area (Å²) in [4.78, 5) is 2.03. The van der Waals surface area contributed by atoms with E-state index in [1.165, 1.54) is 0 Å². The maximum Gasteiger partial charge on any atom is 0.119 e. The molecule has 0 aliphatic carbocycles. The first-order chi connectivity index (χ1) is 8.49. The second-order valence-corrected chi connectivity index (χ2v) is 6.88. The van der Waals surface area contributed by atoms with Crippen LogP contribution in [0.2, 0.25) is 0 Å². The van der Waals surface area contributed by atoms with Crippen LogP contribution in [0.5, 0.6) is 0 Å². The normalized spacial score (nSPS) is 37.4. The minimum absolute atomic E-state index is 0.120. The van der Waals surface area contributed by atoms with Crippen LogP contribution in [0.15, 0.2) is 12.1 Å². The van der Waals surface area contributed by atoms with Gasteiger partial charge in [0.1, 0.15) is 11.0 Å². The monoisotopic (exact) mass is 263 g/mol. The van der Waals surface area contributed by atoms with E-state index in [2.05, 4.69) is 6.07 Å². The molecule has 4 heteroatoms. The summed E-state index contributed by atoms with van der Waals surface area (Å²) in [5, 5.41) is 20.6. The molecule has 0 radical (unpaired) electrons. The van der Waals surface area contributed by atoms with Crippen LogP contribution in [-0.4, -0.2) is 17.3 Å². The number of nitrogens with zero attached hydrogens (tertiary/aromatic N) is 1. The Morgan fingerprint density at radius 1 is 1.56 bits per heavy atom. The van der Waals surface area contributed by atoms with Gasteiger partial charge in [0.05, 0.1) is 18.3 Å². The highest BCUT2D eigenvalue weighted by Crippen LogP contribution is 2.57. The van der Waals surface area contributed by atoms with Crippen molar-refractivity contribution < 1.29 is 9.84 Å². The van der Waals surface area contributed by atoms with E-state index < -0.39 is 11.0 Å². The fraction of sp³-hybridized carbons (Fsp3) is 0.643. The van der Waals surface area contributed by atoms with Crippen molar-refractivity contribution in [1.82, 2.24) is 0 Å². The number of thiophene rings is 1. The summed E-state index contributed by atoms with van der Waals surface area (Å²) < 4.78 is 5.82. The van der Waals surface area contributed by atoms with Gasteiger partial charge in [-0.1, -0.05) is 0 Å². The molecule has 0 spiro atoms. The second-order valence-electron chi connectivity index (χ2n) is 5.59. The van der Waals surface area contributed by atoms with Gasteiger partial charge in [-0.05, 0) is 45.2 Å². The van der Waals surface area contributed by atoms with E-state index >= 15 is 0 Å². The van der Waals surface area contributed by atoms with E-state index in [9.17, 15) is 10.4 Å². The van der Waals surface area contributed by atoms with Crippen molar-refractivity contribution in [2.75, 3.05) is 0 Å². The molecule has 2 aliphatic rings. The molecule has 1 N–H and O–H groups in total. The van der Waals surface area contributed by atoms with Gasteiger partial charge < -0.3 is 9.84 Å². The van der Waals surface area contributed by atoms with Crippen molar-refractivity contribution in [2.24, 2.45) is 5.41 Å². The van der Waals surface area contributed by atoms with Gasteiger partial charge in [-0.25, -0.2) is 0 Å². The van der Waals surface area contributed by atoms with Crippen LogP contribution in [-0.2, 0) is 10.3 Å². The quantitative estimate of drug-likeness (QED) is 0.892. The molecule has 4 unspecified atom stereocenters. The summed E-state index contributed by atoms with van der Waals surface area (Å²) in [6, 6.07) is 6.32. The van der Waals surface area contributed by atoms with Gasteiger partial charge in [-0.15, -0.1) is 11.3 Å². The third kappa shape index (κ3) is 1.41. The van der Waals surface area contributed by atoms with Crippen LogP contribution >= 0.6 is 11.3 Å². The molecule has 2 aliphatic heterocycles. The zero-order valence-electron chi connectivity index (χ0n) is 10.6. The molecule has 3 heterocycles. The lowest BCUT2D eigenvalue weighted by Gasteiger charge is -2.40. The number of fused-ring (bicyclic) bond motifs is 2. The lowest BCUT2D eigenvalue weighted by atomic mass is 9.64. The maximum absolute atomic E-state index is 11.0. The number of ether oxygens (including phenoxy) is 1. The lowest BCUT2D eigenvalue weighted by molar-refractivity contribution is -0.0747. The molecule has 3 rings (SSSR count). The van der Waals surface area contributed by atoms with Gasteiger partial charge >= 0.3 is 0 Å². The molecule has 0 saturated carbocycles. The fourth-order valence-electron chi connectivity index (χ4n) is 3.36. The van der Waals surface area contributed by atoms with Crippen molar-refractivity contribution >= 4 is 11.3 Å². The van der Waals surface area contributed by atoms with Crippen LogP contribution < -0.4 is 0 Å². The Kier molecular flexibility index (Phi) is 2.57. The zero-order valence-corrected chi connectivity index (χ0v) is 11.5. The van der Waals surface area contributed by atoms with E-state index in [4.69, 9.17) is 4.74 Å². The molecular formula is C14H17NO2S. The Labute approximate surface area is 111 Å². The van der Waals surface area contributed by atoms with E-state index in [0.29, 0.717) is 6.42 Å². The first-order valence-corrected chi connectivity index (χ1v) is 7.17. The van der Waals surface area contributed by atoms with Crippen molar-refractivity contribution in [3.8, 4) is 6.07 Å². The van der Waals surface area contributed by atoms with Crippen molar-refractivity contribution in [3.63, 3.8) is 0 Å². The molecule has 0 amide bonds. The first kappa shape index (κ1) is 12.2. The number of hydrogen-bond acceptors (Lipinski definition) is 4. The van der Waals surface area contributed by atoms with Gasteiger partial charge in [0.25, 0.3) is 0 Å². The smallest absolute Gasteiger partial charge is 0.119 e. The first-order valence-electron chi connectivity index (χ1n) is 6.35. The summed E-state index contributed by atoms with van der Waals surface area (Å²) in [5.41, 5.74) is -1.91. The Morgan fingerprint density at radius 2 is 2.33 bits per heavy atom. The molecule has 3 nitrogen and oxygen atoms in total. The summed E-state index contributed by atoms with van der Waals surface area (Å²) in [7, 11) is 0. The summed E-state index contributed by atoms with van der Waals surface area (Å²) in [6.07, 6.45) is 2.59. The number of aliphatic hydroxyl groups is 1. The Bertz CT molecular complexity index is 516. The minimum atomic E-state index is -1.12. The number of nitriles is 1. The summed E-state index contributed by atoms with van der Waals surface area (Å²) in [5.74, 6) is 0. The molecule has 2 bridgehead atoms. The predicted octanol–water partition coefficient (Wildman–Crippen LogP) is 2.73. The third-order valence-electron chi connectivity index (χ3n) is 4.50. The number of rotatable bonds is 2. The molecule has 0 aromatic carbocycles. The van der Waals surface area contributed by atoms with Gasteiger partial charge in [0, 0.05) is 9.75 Å². The Balaban J connectivity index is 2.04. The molecule has 2 saturated heterocycles. The maximum atomic E-state index is 11.0. The van der Waals surface area contributed by atoms with E-state index in [1.807, 2.05) is 19.1 Å². The van der Waals surface area contributed by atoms with E-state index in [0.717, 1.165) is 22.6 Å². The highest BCUT2D eigenvalue weighted by Gasteiger charge is 2.62. The van der Waals surface area contributed by atoms with Crippen LogP contribution in [0, 0.1) is 23.7 Å². The topological polar surface area (TPSA) is 53.2 Å². The number of hydrogen-bond donors (Lipinski definition) is 1. The van der Waals surface area contributed by atoms with E-state index in [-0.39, 0.29) is 12.2 Å². The lowest BCUT2D eigenvalue weighted by Crippen LogP contribution is -2.48. The van der Waals surface area contributed by atoms with Gasteiger partial charge in [-0.3, -0.25) is 0 Å². The van der Waals surface area contributed by atoms with Gasteiger partial charge in [-0.2, -0.15) is 5.26 Å². The van der Waals surface area contributed by atoms with Crippen LogP contribution in [0.1, 0.15) is 35.9 Å². The highest BCUT2D eigenvalue weighted by molar-refractivity contribution is 7.12. The molecule has 4 atom stereocenters. The summed E-state index contributed by atoms with van der Waals surface area (Å²) >= 11 is 1.57. The van der Waals surface area contributed by atoms with Crippen molar-refractivity contribution in [1.29, 1.82) is 5.26 Å². The van der Waals surface area contributed by atoms with Gasteiger partial charge in [0.15, 0.2) is 0 Å². The molecule has 1 aromatic heterocycles. The molecule has 96 valence electrons. The molecule has 1 aromatic rings. The average Bonchev–Trinajstić information content (AvgIpc) is 3.02.